The molecule has 1 aromatic carbocycles. The van der Waals surface area contributed by atoms with Gasteiger partial charge in [-0.3, -0.25) is 9.48 Å². The molecule has 0 aliphatic carbocycles. The number of hydrogen-bond donors (Lipinski definition) is 2. The number of nitrogens with zero attached hydrogens (tertiary/aromatic N) is 2. The van der Waals surface area contributed by atoms with E-state index in [4.69, 9.17) is 0 Å². The van der Waals surface area contributed by atoms with Gasteiger partial charge in [-0.05, 0) is 38.1 Å². The van der Waals surface area contributed by atoms with E-state index in [1.807, 2.05) is 35.9 Å². The zero-order valence-electron chi connectivity index (χ0n) is 12.1. The Balaban J connectivity index is 2.05. The molecule has 20 heavy (non-hydrogen) atoms. The molecule has 0 bridgehead atoms. The van der Waals surface area contributed by atoms with Crippen molar-refractivity contribution in [3.05, 3.63) is 41.7 Å². The summed E-state index contributed by atoms with van der Waals surface area (Å²) < 4.78 is 1.99. The topological polar surface area (TPSA) is 59.0 Å². The van der Waals surface area contributed by atoms with Crippen molar-refractivity contribution in [2.45, 2.75) is 33.9 Å². The van der Waals surface area contributed by atoms with E-state index >= 15 is 0 Å². The van der Waals surface area contributed by atoms with Crippen molar-refractivity contribution in [1.29, 1.82) is 0 Å². The lowest BCUT2D eigenvalue weighted by Crippen LogP contribution is -2.09. The van der Waals surface area contributed by atoms with Gasteiger partial charge in [-0.25, -0.2) is 0 Å². The first-order valence-electron chi connectivity index (χ1n) is 6.73. The Labute approximate surface area is 119 Å². The predicted octanol–water partition coefficient (Wildman–Crippen LogP) is 2.78. The van der Waals surface area contributed by atoms with Gasteiger partial charge in [-0.2, -0.15) is 5.10 Å². The Bertz CT molecular complexity index is 604. The standard InChI is InChI=1S/C15H20N4O/c1-4-19-15(8-11(2)18-19)10-16-13-6-5-7-14(9-13)17-12(3)20/h5-9,16H,4,10H2,1-3H3,(H,17,20). The van der Waals surface area contributed by atoms with Crippen LogP contribution < -0.4 is 10.6 Å². The molecule has 5 heteroatoms. The smallest absolute Gasteiger partial charge is 0.221 e. The maximum absolute atomic E-state index is 11.0. The molecule has 0 atom stereocenters. The highest BCUT2D eigenvalue weighted by Crippen LogP contribution is 2.16. The second-order valence-electron chi connectivity index (χ2n) is 4.71. The van der Waals surface area contributed by atoms with Gasteiger partial charge in [0.25, 0.3) is 0 Å². The number of benzene rings is 1. The molecule has 0 fully saturated rings. The van der Waals surface area contributed by atoms with Crippen molar-refractivity contribution in [3.63, 3.8) is 0 Å². The first kappa shape index (κ1) is 14.1. The average Bonchev–Trinajstić information content (AvgIpc) is 2.76. The molecule has 0 aliphatic rings. The van der Waals surface area contributed by atoms with Crippen LogP contribution in [0.15, 0.2) is 30.3 Å². The summed E-state index contributed by atoms with van der Waals surface area (Å²) in [6.07, 6.45) is 0. The number of hydrogen-bond acceptors (Lipinski definition) is 3. The predicted molar refractivity (Wildman–Crippen MR) is 80.7 cm³/mol. The third-order valence-corrected chi connectivity index (χ3v) is 2.94. The van der Waals surface area contributed by atoms with E-state index < -0.39 is 0 Å². The number of aromatic nitrogens is 2. The summed E-state index contributed by atoms with van der Waals surface area (Å²) in [7, 11) is 0. The molecule has 1 heterocycles. The van der Waals surface area contributed by atoms with Crippen LogP contribution in [0.3, 0.4) is 0 Å². The maximum Gasteiger partial charge on any atom is 0.221 e. The highest BCUT2D eigenvalue weighted by molar-refractivity contribution is 5.89. The van der Waals surface area contributed by atoms with Crippen molar-refractivity contribution in [3.8, 4) is 0 Å². The van der Waals surface area contributed by atoms with Crippen molar-refractivity contribution in [2.24, 2.45) is 0 Å². The minimum atomic E-state index is -0.0677. The monoisotopic (exact) mass is 272 g/mol. The highest BCUT2D eigenvalue weighted by atomic mass is 16.1. The van der Waals surface area contributed by atoms with Gasteiger partial charge in [0.05, 0.1) is 17.9 Å². The lowest BCUT2D eigenvalue weighted by atomic mass is 10.2. The number of amides is 1. The normalized spacial score (nSPS) is 10.3. The molecule has 2 N–H and O–H groups in total. The lowest BCUT2D eigenvalue weighted by Gasteiger charge is -2.09. The van der Waals surface area contributed by atoms with Crippen molar-refractivity contribution in [1.82, 2.24) is 9.78 Å². The van der Waals surface area contributed by atoms with Gasteiger partial charge in [-0.15, -0.1) is 0 Å². The Morgan fingerprint density at radius 1 is 1.30 bits per heavy atom. The summed E-state index contributed by atoms with van der Waals surface area (Å²) in [5.74, 6) is -0.0677. The lowest BCUT2D eigenvalue weighted by molar-refractivity contribution is -0.114. The molecular formula is C15H20N4O. The average molecular weight is 272 g/mol. The summed E-state index contributed by atoms with van der Waals surface area (Å²) in [6.45, 7) is 7.14. The number of carbonyl (C=O) groups is 1. The van der Waals surface area contributed by atoms with Crippen molar-refractivity contribution in [2.75, 3.05) is 10.6 Å². The van der Waals surface area contributed by atoms with Crippen LogP contribution >= 0.6 is 0 Å². The molecule has 106 valence electrons. The molecule has 5 nitrogen and oxygen atoms in total. The molecule has 0 unspecified atom stereocenters. The van der Waals surface area contributed by atoms with Gasteiger partial charge in [0.15, 0.2) is 0 Å². The van der Waals surface area contributed by atoms with Gasteiger partial charge < -0.3 is 10.6 Å². The minimum Gasteiger partial charge on any atom is -0.379 e. The SMILES string of the molecule is CCn1nc(C)cc1CNc1cccc(NC(C)=O)c1. The fraction of sp³-hybridized carbons (Fsp3) is 0.333. The van der Waals surface area contributed by atoms with Crippen LogP contribution in [0.2, 0.25) is 0 Å². The molecule has 1 amide bonds. The fourth-order valence-electron chi connectivity index (χ4n) is 2.12. The van der Waals surface area contributed by atoms with Crippen molar-refractivity contribution >= 4 is 17.3 Å². The van der Waals surface area contributed by atoms with Crippen LogP contribution in [0.1, 0.15) is 25.2 Å². The third kappa shape index (κ3) is 3.60. The number of aryl methyl sites for hydroxylation is 2. The van der Waals surface area contributed by atoms with Crippen LogP contribution in [0, 0.1) is 6.92 Å². The molecule has 0 radical (unpaired) electrons. The zero-order valence-corrected chi connectivity index (χ0v) is 12.1. The molecule has 2 rings (SSSR count). The highest BCUT2D eigenvalue weighted by Gasteiger charge is 2.04. The molecule has 1 aromatic heterocycles. The van der Waals surface area contributed by atoms with Crippen LogP contribution in [-0.4, -0.2) is 15.7 Å². The molecule has 0 spiro atoms. The van der Waals surface area contributed by atoms with Gasteiger partial charge >= 0.3 is 0 Å². The Morgan fingerprint density at radius 3 is 2.75 bits per heavy atom. The fourth-order valence-corrected chi connectivity index (χ4v) is 2.12. The van der Waals surface area contributed by atoms with E-state index in [2.05, 4.69) is 28.7 Å². The van der Waals surface area contributed by atoms with E-state index in [1.54, 1.807) is 0 Å². The Morgan fingerprint density at radius 2 is 2.05 bits per heavy atom. The number of anilines is 2. The molecule has 2 aromatic rings. The Kier molecular flexibility index (Phi) is 4.40. The van der Waals surface area contributed by atoms with Gasteiger partial charge in [0.2, 0.25) is 5.91 Å². The largest absolute Gasteiger partial charge is 0.379 e. The second-order valence-corrected chi connectivity index (χ2v) is 4.71. The first-order chi connectivity index (χ1) is 9.58. The van der Waals surface area contributed by atoms with E-state index in [0.29, 0.717) is 6.54 Å². The van der Waals surface area contributed by atoms with Crippen LogP contribution in [0.25, 0.3) is 0 Å². The van der Waals surface area contributed by atoms with Crippen LogP contribution in [0.4, 0.5) is 11.4 Å². The van der Waals surface area contributed by atoms with E-state index in [1.165, 1.54) is 6.92 Å². The number of rotatable bonds is 5. The molecule has 0 saturated heterocycles. The van der Waals surface area contributed by atoms with E-state index in [-0.39, 0.29) is 5.91 Å². The second kappa shape index (κ2) is 6.23. The number of carbonyl (C=O) groups excluding carboxylic acids is 1. The first-order valence-corrected chi connectivity index (χ1v) is 6.73. The number of nitrogens with one attached hydrogen (secondary N) is 2. The van der Waals surface area contributed by atoms with Gasteiger partial charge in [-0.1, -0.05) is 6.07 Å². The maximum atomic E-state index is 11.0. The zero-order chi connectivity index (χ0) is 14.5. The minimum absolute atomic E-state index is 0.0677. The Hall–Kier alpha value is -2.30. The summed E-state index contributed by atoms with van der Waals surface area (Å²) in [5, 5.41) is 10.5. The van der Waals surface area contributed by atoms with Gasteiger partial charge in [0.1, 0.15) is 0 Å². The third-order valence-electron chi connectivity index (χ3n) is 2.94. The molecular weight excluding hydrogens is 252 g/mol. The van der Waals surface area contributed by atoms with Crippen LogP contribution in [-0.2, 0) is 17.9 Å². The van der Waals surface area contributed by atoms with E-state index in [9.17, 15) is 4.79 Å². The summed E-state index contributed by atoms with van der Waals surface area (Å²) in [6, 6.07) is 9.75. The van der Waals surface area contributed by atoms with Crippen LogP contribution in [0.5, 0.6) is 0 Å². The van der Waals surface area contributed by atoms with E-state index in [0.717, 1.165) is 29.3 Å². The summed E-state index contributed by atoms with van der Waals surface area (Å²) >= 11 is 0. The molecule has 0 aliphatic heterocycles. The molecule has 0 saturated carbocycles. The van der Waals surface area contributed by atoms with Gasteiger partial charge in [0, 0.05) is 24.8 Å². The van der Waals surface area contributed by atoms with Crippen molar-refractivity contribution < 1.29 is 4.79 Å². The summed E-state index contributed by atoms with van der Waals surface area (Å²) in [5.41, 5.74) is 3.94. The summed E-state index contributed by atoms with van der Waals surface area (Å²) in [4.78, 5) is 11.0. The quantitative estimate of drug-likeness (QED) is 0.880.